The van der Waals surface area contributed by atoms with Crippen molar-refractivity contribution in [2.75, 3.05) is 13.2 Å². The number of ether oxygens (including phenoxy) is 1. The predicted molar refractivity (Wildman–Crippen MR) is 91.9 cm³/mol. The third-order valence-electron chi connectivity index (χ3n) is 4.03. The molecule has 0 heterocycles. The van der Waals surface area contributed by atoms with Crippen molar-refractivity contribution >= 4 is 11.9 Å². The molecule has 0 atom stereocenters. The maximum absolute atomic E-state index is 12.7. The molecule has 0 radical (unpaired) electrons. The molecule has 0 saturated heterocycles. The van der Waals surface area contributed by atoms with Gasteiger partial charge in [-0.2, -0.15) is 0 Å². The van der Waals surface area contributed by atoms with Crippen LogP contribution in [0.1, 0.15) is 51.2 Å². The summed E-state index contributed by atoms with van der Waals surface area (Å²) in [6, 6.07) is 8.15. The van der Waals surface area contributed by atoms with Gasteiger partial charge in [0.15, 0.2) is 0 Å². The van der Waals surface area contributed by atoms with Crippen molar-refractivity contribution in [1.82, 2.24) is 4.90 Å². The van der Waals surface area contributed by atoms with Crippen molar-refractivity contribution in [1.29, 1.82) is 0 Å². The summed E-state index contributed by atoms with van der Waals surface area (Å²) in [5, 5.41) is 0. The van der Waals surface area contributed by atoms with E-state index in [1.165, 1.54) is 5.56 Å². The minimum Gasteiger partial charge on any atom is -0.466 e. The number of hydrogen-bond donors (Lipinski definition) is 0. The van der Waals surface area contributed by atoms with E-state index in [0.717, 1.165) is 18.4 Å². The van der Waals surface area contributed by atoms with Crippen LogP contribution in [0.25, 0.3) is 0 Å². The Morgan fingerprint density at radius 1 is 1.09 bits per heavy atom. The lowest BCUT2D eigenvalue weighted by Gasteiger charge is -2.26. The van der Waals surface area contributed by atoms with E-state index in [4.69, 9.17) is 4.74 Å². The molecule has 23 heavy (non-hydrogen) atoms. The highest BCUT2D eigenvalue weighted by Gasteiger charge is 2.22. The Balaban J connectivity index is 2.80. The maximum atomic E-state index is 12.7. The average molecular weight is 319 g/mol. The Morgan fingerprint density at radius 3 is 2.22 bits per heavy atom. The summed E-state index contributed by atoms with van der Waals surface area (Å²) in [5.41, 5.74) is 2.27. The van der Waals surface area contributed by atoms with Crippen molar-refractivity contribution in [3.63, 3.8) is 0 Å². The minimum atomic E-state index is -0.251. The van der Waals surface area contributed by atoms with Crippen LogP contribution in [0.15, 0.2) is 24.3 Å². The Kier molecular flexibility index (Phi) is 8.38. The predicted octanol–water partition coefficient (Wildman–Crippen LogP) is 3.71. The minimum absolute atomic E-state index is 0.0163. The molecule has 1 rings (SSSR count). The van der Waals surface area contributed by atoms with E-state index in [2.05, 4.69) is 0 Å². The van der Waals surface area contributed by atoms with E-state index in [-0.39, 0.29) is 24.2 Å². The number of amides is 1. The molecule has 1 aromatic rings. The fraction of sp³-hybridized carbons (Fsp3) is 0.579. The molecular formula is C19H29NO3. The van der Waals surface area contributed by atoms with Gasteiger partial charge in [-0.1, -0.05) is 43.7 Å². The first kappa shape index (κ1) is 19.2. The second-order valence-electron chi connectivity index (χ2n) is 5.81. The quantitative estimate of drug-likeness (QED) is 0.652. The number of carbonyl (C=O) groups excluding carboxylic acids is 2. The first-order valence-electron chi connectivity index (χ1n) is 8.51. The molecular weight excluding hydrogens is 290 g/mol. The number of rotatable bonds is 9. The van der Waals surface area contributed by atoms with Gasteiger partial charge in [-0.15, -0.1) is 0 Å². The molecule has 0 fully saturated rings. The maximum Gasteiger partial charge on any atom is 0.307 e. The SMILES string of the molecule is CCOC(=O)CCN(Cc1ccc(C)cc1)C(=O)C(CC)CC. The van der Waals surface area contributed by atoms with Gasteiger partial charge in [0.2, 0.25) is 5.91 Å². The zero-order chi connectivity index (χ0) is 17.2. The summed E-state index contributed by atoms with van der Waals surface area (Å²) in [4.78, 5) is 26.1. The summed E-state index contributed by atoms with van der Waals surface area (Å²) < 4.78 is 4.97. The standard InChI is InChI=1S/C19H29NO3/c1-5-17(6-2)19(22)20(13-12-18(21)23-7-3)14-16-10-8-15(4)9-11-16/h8-11,17H,5-7,12-14H2,1-4H3. The molecule has 4 heteroatoms. The fourth-order valence-corrected chi connectivity index (χ4v) is 2.54. The smallest absolute Gasteiger partial charge is 0.307 e. The molecule has 0 aliphatic carbocycles. The van der Waals surface area contributed by atoms with Crippen molar-refractivity contribution in [3.8, 4) is 0 Å². The Labute approximate surface area is 139 Å². The average Bonchev–Trinajstić information content (AvgIpc) is 2.54. The van der Waals surface area contributed by atoms with Gasteiger partial charge < -0.3 is 9.64 Å². The van der Waals surface area contributed by atoms with Crippen LogP contribution in [-0.2, 0) is 20.9 Å². The van der Waals surface area contributed by atoms with Gasteiger partial charge in [0.25, 0.3) is 0 Å². The highest BCUT2D eigenvalue weighted by atomic mass is 16.5. The molecule has 1 aromatic carbocycles. The topological polar surface area (TPSA) is 46.6 Å². The van der Waals surface area contributed by atoms with Gasteiger partial charge in [0.1, 0.15) is 0 Å². The number of esters is 1. The summed E-state index contributed by atoms with van der Waals surface area (Å²) in [6.45, 7) is 9.20. The summed E-state index contributed by atoms with van der Waals surface area (Å²) in [7, 11) is 0. The van der Waals surface area contributed by atoms with E-state index >= 15 is 0 Å². The van der Waals surface area contributed by atoms with E-state index in [1.807, 2.05) is 45.0 Å². The lowest BCUT2D eigenvalue weighted by molar-refractivity contribution is -0.144. The van der Waals surface area contributed by atoms with Gasteiger partial charge in [-0.25, -0.2) is 0 Å². The van der Waals surface area contributed by atoms with E-state index in [9.17, 15) is 9.59 Å². The second kappa shape index (κ2) is 10.0. The number of benzene rings is 1. The first-order chi connectivity index (χ1) is 11.0. The van der Waals surface area contributed by atoms with Crippen LogP contribution in [0.4, 0.5) is 0 Å². The number of aryl methyl sites for hydroxylation is 1. The normalized spacial score (nSPS) is 10.7. The summed E-state index contributed by atoms with van der Waals surface area (Å²) in [5.74, 6) is -0.110. The molecule has 0 N–H and O–H groups in total. The zero-order valence-corrected chi connectivity index (χ0v) is 14.8. The van der Waals surface area contributed by atoms with Crippen LogP contribution in [0.3, 0.4) is 0 Å². The van der Waals surface area contributed by atoms with Crippen LogP contribution in [0, 0.1) is 12.8 Å². The lowest BCUT2D eigenvalue weighted by atomic mass is 10.0. The van der Waals surface area contributed by atoms with Gasteiger partial charge in [-0.05, 0) is 32.3 Å². The lowest BCUT2D eigenvalue weighted by Crippen LogP contribution is -2.37. The number of nitrogens with zero attached hydrogens (tertiary/aromatic N) is 1. The van der Waals surface area contributed by atoms with Gasteiger partial charge in [-0.3, -0.25) is 9.59 Å². The van der Waals surface area contributed by atoms with Crippen molar-refractivity contribution in [2.45, 2.75) is 53.5 Å². The van der Waals surface area contributed by atoms with Crippen LogP contribution in [0.2, 0.25) is 0 Å². The van der Waals surface area contributed by atoms with Crippen LogP contribution in [-0.4, -0.2) is 29.9 Å². The highest BCUT2D eigenvalue weighted by Crippen LogP contribution is 2.16. The van der Waals surface area contributed by atoms with Crippen LogP contribution >= 0.6 is 0 Å². The molecule has 0 aliphatic rings. The number of carbonyl (C=O) groups is 2. The Morgan fingerprint density at radius 2 is 1.70 bits per heavy atom. The van der Waals surface area contributed by atoms with E-state index in [0.29, 0.717) is 19.7 Å². The molecule has 0 unspecified atom stereocenters. The Hall–Kier alpha value is -1.84. The molecule has 0 bridgehead atoms. The monoisotopic (exact) mass is 319 g/mol. The third kappa shape index (κ3) is 6.43. The van der Waals surface area contributed by atoms with Crippen molar-refractivity contribution in [3.05, 3.63) is 35.4 Å². The van der Waals surface area contributed by atoms with Gasteiger partial charge in [0.05, 0.1) is 13.0 Å². The summed E-state index contributed by atoms with van der Waals surface area (Å²) in [6.07, 6.45) is 1.88. The van der Waals surface area contributed by atoms with Crippen LogP contribution in [0.5, 0.6) is 0 Å². The zero-order valence-electron chi connectivity index (χ0n) is 14.8. The van der Waals surface area contributed by atoms with E-state index < -0.39 is 0 Å². The van der Waals surface area contributed by atoms with Crippen molar-refractivity contribution < 1.29 is 14.3 Å². The molecule has 128 valence electrons. The fourth-order valence-electron chi connectivity index (χ4n) is 2.54. The molecule has 0 spiro atoms. The third-order valence-corrected chi connectivity index (χ3v) is 4.03. The molecule has 0 aliphatic heterocycles. The van der Waals surface area contributed by atoms with Crippen molar-refractivity contribution in [2.24, 2.45) is 5.92 Å². The first-order valence-corrected chi connectivity index (χ1v) is 8.51. The molecule has 0 aromatic heterocycles. The number of hydrogen-bond acceptors (Lipinski definition) is 3. The van der Waals surface area contributed by atoms with Crippen LogP contribution < -0.4 is 0 Å². The van der Waals surface area contributed by atoms with Gasteiger partial charge >= 0.3 is 5.97 Å². The van der Waals surface area contributed by atoms with E-state index in [1.54, 1.807) is 11.8 Å². The second-order valence-corrected chi connectivity index (χ2v) is 5.81. The largest absolute Gasteiger partial charge is 0.466 e. The molecule has 0 saturated carbocycles. The van der Waals surface area contributed by atoms with Gasteiger partial charge in [0, 0.05) is 19.0 Å². The molecule has 1 amide bonds. The Bertz CT molecular complexity index is 492. The highest BCUT2D eigenvalue weighted by molar-refractivity contribution is 5.79. The molecule has 4 nitrogen and oxygen atoms in total. The summed E-state index contributed by atoms with van der Waals surface area (Å²) >= 11 is 0.